The van der Waals surface area contributed by atoms with Crippen LogP contribution in [0.15, 0.2) is 33.8 Å². The summed E-state index contributed by atoms with van der Waals surface area (Å²) in [6.07, 6.45) is 0. The van der Waals surface area contributed by atoms with E-state index in [4.69, 9.17) is 11.6 Å². The van der Waals surface area contributed by atoms with Crippen LogP contribution in [0.5, 0.6) is 0 Å². The smallest absolute Gasteiger partial charge is 0.153 e. The molecule has 0 spiro atoms. The van der Waals surface area contributed by atoms with E-state index in [2.05, 4.69) is 26.6 Å². The summed E-state index contributed by atoms with van der Waals surface area (Å²) in [7, 11) is 0. The lowest BCUT2D eigenvalue weighted by molar-refractivity contribution is 0.803. The van der Waals surface area contributed by atoms with E-state index in [9.17, 15) is 0 Å². The van der Waals surface area contributed by atoms with Crippen LogP contribution >= 0.6 is 15.9 Å². The van der Waals surface area contributed by atoms with Crippen molar-refractivity contribution < 1.29 is 0 Å². The number of hydrazine groups is 1. The number of nitrogens with one attached hydrogen (secondary N) is 1. The van der Waals surface area contributed by atoms with Crippen molar-refractivity contribution in [3.05, 3.63) is 34.3 Å². The van der Waals surface area contributed by atoms with Crippen molar-refractivity contribution >= 4 is 21.8 Å². The Balaban J connectivity index is 3.02. The summed E-state index contributed by atoms with van der Waals surface area (Å²) in [6, 6.07) is 7.50. The van der Waals surface area contributed by atoms with Gasteiger partial charge in [0.05, 0.1) is 0 Å². The number of halogens is 1. The molecule has 0 aliphatic heterocycles. The highest BCUT2D eigenvalue weighted by molar-refractivity contribution is 9.10. The average Bonchev–Trinajstić information content (AvgIpc) is 2.05. The van der Waals surface area contributed by atoms with Gasteiger partial charge in [-0.1, -0.05) is 34.1 Å². The molecule has 0 aliphatic carbocycles. The number of hydrogen-bond donors (Lipinski definition) is 3. The SMILES string of the molecule is NN/N=C(\N)c1ccccc1Br. The van der Waals surface area contributed by atoms with E-state index in [1.807, 2.05) is 24.3 Å². The minimum Gasteiger partial charge on any atom is -0.382 e. The van der Waals surface area contributed by atoms with Crippen LogP contribution in [0.25, 0.3) is 0 Å². The summed E-state index contributed by atoms with van der Waals surface area (Å²) in [5.41, 5.74) is 8.53. The number of nitrogens with zero attached hydrogens (tertiary/aromatic N) is 1. The zero-order valence-corrected chi connectivity index (χ0v) is 7.88. The van der Waals surface area contributed by atoms with Crippen LogP contribution < -0.4 is 17.1 Å². The quantitative estimate of drug-likeness (QED) is 0.299. The minimum atomic E-state index is 0.352. The van der Waals surface area contributed by atoms with Crippen LogP contribution in [-0.2, 0) is 0 Å². The second-order valence-corrected chi connectivity index (χ2v) is 2.96. The van der Waals surface area contributed by atoms with Crippen molar-refractivity contribution in [2.24, 2.45) is 16.7 Å². The fourth-order valence-corrected chi connectivity index (χ4v) is 1.29. The zero-order chi connectivity index (χ0) is 8.97. The first kappa shape index (κ1) is 9.02. The lowest BCUT2D eigenvalue weighted by Crippen LogP contribution is -2.23. The van der Waals surface area contributed by atoms with E-state index in [1.54, 1.807) is 0 Å². The van der Waals surface area contributed by atoms with Gasteiger partial charge in [-0.05, 0) is 6.07 Å². The van der Waals surface area contributed by atoms with Crippen molar-refractivity contribution in [2.75, 3.05) is 0 Å². The number of rotatable bonds is 2. The molecule has 1 aromatic rings. The average molecular weight is 229 g/mol. The predicted molar refractivity (Wildman–Crippen MR) is 52.2 cm³/mol. The Kier molecular flexibility index (Phi) is 3.07. The molecular weight excluding hydrogens is 220 g/mol. The van der Waals surface area contributed by atoms with Crippen molar-refractivity contribution in [1.82, 2.24) is 5.53 Å². The second-order valence-electron chi connectivity index (χ2n) is 2.11. The molecule has 5 N–H and O–H groups in total. The van der Waals surface area contributed by atoms with Gasteiger partial charge in [-0.2, -0.15) is 0 Å². The maximum absolute atomic E-state index is 5.58. The van der Waals surface area contributed by atoms with Gasteiger partial charge in [0.1, 0.15) is 0 Å². The Morgan fingerprint density at radius 2 is 2.08 bits per heavy atom. The van der Waals surface area contributed by atoms with Crippen molar-refractivity contribution in [3.63, 3.8) is 0 Å². The number of amidine groups is 1. The summed E-state index contributed by atoms with van der Waals surface area (Å²) in [6.45, 7) is 0. The lowest BCUT2D eigenvalue weighted by Gasteiger charge is -2.01. The standard InChI is InChI=1S/C7H9BrN4/c8-6-4-2-1-3-5(6)7(9)11-12-10/h1-4,12H,10H2,(H2,9,11). The second kappa shape index (κ2) is 4.08. The highest BCUT2D eigenvalue weighted by Gasteiger charge is 2.01. The molecule has 5 heteroatoms. The molecule has 0 radical (unpaired) electrons. The van der Waals surface area contributed by atoms with Gasteiger partial charge in [-0.15, -0.1) is 5.10 Å². The van der Waals surface area contributed by atoms with Crippen LogP contribution in [0.1, 0.15) is 5.56 Å². The zero-order valence-electron chi connectivity index (χ0n) is 6.29. The van der Waals surface area contributed by atoms with E-state index in [0.29, 0.717) is 5.84 Å². The first-order chi connectivity index (χ1) is 5.75. The fraction of sp³-hybridized carbons (Fsp3) is 0. The van der Waals surface area contributed by atoms with Gasteiger partial charge in [-0.3, -0.25) is 0 Å². The molecule has 1 aromatic carbocycles. The largest absolute Gasteiger partial charge is 0.382 e. The summed E-state index contributed by atoms with van der Waals surface area (Å²) < 4.78 is 0.890. The first-order valence-corrected chi connectivity index (χ1v) is 4.08. The fourth-order valence-electron chi connectivity index (χ4n) is 0.799. The minimum absolute atomic E-state index is 0.352. The van der Waals surface area contributed by atoms with Crippen LogP contribution in [0.4, 0.5) is 0 Å². The number of benzene rings is 1. The third kappa shape index (κ3) is 1.96. The van der Waals surface area contributed by atoms with Gasteiger partial charge >= 0.3 is 0 Å². The number of hydrazone groups is 1. The lowest BCUT2D eigenvalue weighted by atomic mass is 10.2. The maximum atomic E-state index is 5.58. The maximum Gasteiger partial charge on any atom is 0.153 e. The number of nitrogens with two attached hydrogens (primary N) is 2. The van der Waals surface area contributed by atoms with E-state index in [-0.39, 0.29) is 0 Å². The molecule has 4 nitrogen and oxygen atoms in total. The van der Waals surface area contributed by atoms with E-state index >= 15 is 0 Å². The molecule has 0 aliphatic rings. The van der Waals surface area contributed by atoms with Gasteiger partial charge in [0.25, 0.3) is 0 Å². The molecule has 64 valence electrons. The Hall–Kier alpha value is -1.07. The molecule has 0 saturated heterocycles. The Bertz CT molecular complexity index is 297. The van der Waals surface area contributed by atoms with Crippen LogP contribution in [0.2, 0.25) is 0 Å². The van der Waals surface area contributed by atoms with Gasteiger partial charge in [0.2, 0.25) is 0 Å². The summed E-state index contributed by atoms with van der Waals surface area (Å²) in [4.78, 5) is 0. The number of hydrogen-bond acceptors (Lipinski definition) is 3. The molecule has 0 fully saturated rings. The first-order valence-electron chi connectivity index (χ1n) is 3.29. The Labute approximate surface area is 78.7 Å². The normalized spacial score (nSPS) is 11.3. The van der Waals surface area contributed by atoms with Crippen molar-refractivity contribution in [3.8, 4) is 0 Å². The van der Waals surface area contributed by atoms with Gasteiger partial charge < -0.3 is 5.73 Å². The molecule has 0 heterocycles. The van der Waals surface area contributed by atoms with Gasteiger partial charge in [0, 0.05) is 10.0 Å². The highest BCUT2D eigenvalue weighted by atomic mass is 79.9. The molecule has 0 amide bonds. The molecule has 0 bridgehead atoms. The van der Waals surface area contributed by atoms with E-state index in [0.717, 1.165) is 10.0 Å². The van der Waals surface area contributed by atoms with Crippen LogP contribution in [0, 0.1) is 0 Å². The predicted octanol–water partition coefficient (Wildman–Crippen LogP) is 0.533. The highest BCUT2D eigenvalue weighted by Crippen LogP contribution is 2.14. The topological polar surface area (TPSA) is 76.4 Å². The van der Waals surface area contributed by atoms with Gasteiger partial charge in [0.15, 0.2) is 5.84 Å². The molecular formula is C7H9BrN4. The molecule has 1 rings (SSSR count). The Morgan fingerprint density at radius 1 is 1.42 bits per heavy atom. The molecule has 0 unspecified atom stereocenters. The summed E-state index contributed by atoms with van der Waals surface area (Å²) >= 11 is 3.34. The third-order valence-corrected chi connectivity index (χ3v) is 2.03. The van der Waals surface area contributed by atoms with Crippen molar-refractivity contribution in [2.45, 2.75) is 0 Å². The van der Waals surface area contributed by atoms with E-state index < -0.39 is 0 Å². The third-order valence-electron chi connectivity index (χ3n) is 1.33. The molecule has 12 heavy (non-hydrogen) atoms. The summed E-state index contributed by atoms with van der Waals surface area (Å²) in [5.74, 6) is 5.34. The van der Waals surface area contributed by atoms with E-state index in [1.165, 1.54) is 0 Å². The monoisotopic (exact) mass is 228 g/mol. The van der Waals surface area contributed by atoms with Gasteiger partial charge in [-0.25, -0.2) is 11.4 Å². The molecule has 0 atom stereocenters. The molecule has 0 saturated carbocycles. The Morgan fingerprint density at radius 3 is 2.67 bits per heavy atom. The van der Waals surface area contributed by atoms with Crippen LogP contribution in [0.3, 0.4) is 0 Å². The molecule has 0 aromatic heterocycles. The van der Waals surface area contributed by atoms with Crippen molar-refractivity contribution in [1.29, 1.82) is 0 Å². The van der Waals surface area contributed by atoms with Crippen LogP contribution in [-0.4, -0.2) is 5.84 Å². The summed E-state index contributed by atoms with van der Waals surface area (Å²) in [5, 5.41) is 3.65.